The molecule has 1 rings (SSSR count). The topological polar surface area (TPSA) is 3.24 Å². The highest BCUT2D eigenvalue weighted by molar-refractivity contribution is 5.58. The molecule has 16 heavy (non-hydrogen) atoms. The largest absolute Gasteiger partial charge is 0.377 e. The summed E-state index contributed by atoms with van der Waals surface area (Å²) in [6.07, 6.45) is 1.20. The van der Waals surface area contributed by atoms with Crippen LogP contribution in [-0.2, 0) is 0 Å². The molecule has 0 spiro atoms. The van der Waals surface area contributed by atoms with Crippen LogP contribution >= 0.6 is 0 Å². The second kappa shape index (κ2) is 5.38. The van der Waals surface area contributed by atoms with Gasteiger partial charge in [-0.05, 0) is 35.4 Å². The third kappa shape index (κ3) is 2.58. The minimum Gasteiger partial charge on any atom is -0.377 e. The van der Waals surface area contributed by atoms with E-state index in [0.717, 1.165) is 0 Å². The second-order valence-corrected chi connectivity index (χ2v) is 5.14. The van der Waals surface area contributed by atoms with Gasteiger partial charge in [0.05, 0.1) is 0 Å². The van der Waals surface area contributed by atoms with Crippen molar-refractivity contribution in [2.75, 3.05) is 19.0 Å². The zero-order valence-corrected chi connectivity index (χ0v) is 11.5. The highest BCUT2D eigenvalue weighted by Gasteiger charge is 2.16. The average molecular weight is 219 g/mol. The van der Waals surface area contributed by atoms with E-state index in [2.05, 4.69) is 64.9 Å². The van der Waals surface area contributed by atoms with Crippen molar-refractivity contribution in [1.29, 1.82) is 0 Å². The zero-order chi connectivity index (χ0) is 12.3. The molecule has 0 N–H and O–H groups in total. The standard InChI is InChI=1S/C15H25N/c1-7-12(4)13-9-8-10-14(16(5)6)15(13)11(2)3/h8-12H,7H2,1-6H3. The quantitative estimate of drug-likeness (QED) is 0.726. The van der Waals surface area contributed by atoms with Crippen molar-refractivity contribution in [1.82, 2.24) is 0 Å². The van der Waals surface area contributed by atoms with Crippen LogP contribution in [0.5, 0.6) is 0 Å². The fourth-order valence-corrected chi connectivity index (χ4v) is 2.24. The summed E-state index contributed by atoms with van der Waals surface area (Å²) >= 11 is 0. The van der Waals surface area contributed by atoms with Gasteiger partial charge in [0.15, 0.2) is 0 Å². The zero-order valence-electron chi connectivity index (χ0n) is 11.5. The van der Waals surface area contributed by atoms with E-state index in [1.54, 1.807) is 0 Å². The van der Waals surface area contributed by atoms with Gasteiger partial charge in [-0.1, -0.05) is 39.8 Å². The van der Waals surface area contributed by atoms with Gasteiger partial charge in [0.2, 0.25) is 0 Å². The summed E-state index contributed by atoms with van der Waals surface area (Å²) in [5.74, 6) is 1.24. The first-order chi connectivity index (χ1) is 7.49. The van der Waals surface area contributed by atoms with E-state index in [-0.39, 0.29) is 0 Å². The molecule has 1 atom stereocenters. The number of nitrogens with zero attached hydrogens (tertiary/aromatic N) is 1. The van der Waals surface area contributed by atoms with Crippen LogP contribution in [0, 0.1) is 0 Å². The Morgan fingerprint density at radius 3 is 2.19 bits per heavy atom. The molecular weight excluding hydrogens is 194 g/mol. The molecule has 0 saturated carbocycles. The van der Waals surface area contributed by atoms with Gasteiger partial charge in [0, 0.05) is 19.8 Å². The lowest BCUT2D eigenvalue weighted by molar-refractivity contribution is 0.707. The molecular formula is C15H25N. The van der Waals surface area contributed by atoms with Crippen molar-refractivity contribution in [2.24, 2.45) is 0 Å². The molecule has 0 heterocycles. The summed E-state index contributed by atoms with van der Waals surface area (Å²) in [7, 11) is 4.25. The van der Waals surface area contributed by atoms with E-state index in [9.17, 15) is 0 Å². The molecule has 0 aromatic heterocycles. The summed E-state index contributed by atoms with van der Waals surface area (Å²) in [6.45, 7) is 9.15. The van der Waals surface area contributed by atoms with Crippen LogP contribution < -0.4 is 4.90 Å². The predicted molar refractivity (Wildman–Crippen MR) is 73.6 cm³/mol. The van der Waals surface area contributed by atoms with Crippen molar-refractivity contribution in [2.45, 2.75) is 46.0 Å². The van der Waals surface area contributed by atoms with Gasteiger partial charge in [-0.15, -0.1) is 0 Å². The molecule has 1 heteroatoms. The van der Waals surface area contributed by atoms with Crippen molar-refractivity contribution in [3.63, 3.8) is 0 Å². The van der Waals surface area contributed by atoms with Crippen LogP contribution in [0.1, 0.15) is 57.1 Å². The van der Waals surface area contributed by atoms with Crippen molar-refractivity contribution >= 4 is 5.69 Å². The van der Waals surface area contributed by atoms with Gasteiger partial charge < -0.3 is 4.90 Å². The molecule has 0 amide bonds. The Morgan fingerprint density at radius 2 is 1.75 bits per heavy atom. The van der Waals surface area contributed by atoms with Crippen LogP contribution in [-0.4, -0.2) is 14.1 Å². The Kier molecular flexibility index (Phi) is 4.40. The molecule has 0 fully saturated rings. The predicted octanol–water partition coefficient (Wildman–Crippen LogP) is 4.39. The molecule has 0 radical (unpaired) electrons. The van der Waals surface area contributed by atoms with Crippen LogP contribution in [0.2, 0.25) is 0 Å². The normalized spacial score (nSPS) is 12.9. The highest BCUT2D eigenvalue weighted by atomic mass is 15.1. The minimum absolute atomic E-state index is 0.586. The maximum Gasteiger partial charge on any atom is 0.0399 e. The van der Waals surface area contributed by atoms with Gasteiger partial charge >= 0.3 is 0 Å². The molecule has 0 aliphatic heterocycles. The summed E-state index contributed by atoms with van der Waals surface area (Å²) in [5.41, 5.74) is 4.40. The third-order valence-corrected chi connectivity index (χ3v) is 3.32. The van der Waals surface area contributed by atoms with E-state index >= 15 is 0 Å². The van der Waals surface area contributed by atoms with Crippen LogP contribution in [0.3, 0.4) is 0 Å². The summed E-state index contributed by atoms with van der Waals surface area (Å²) in [5, 5.41) is 0. The number of hydrogen-bond donors (Lipinski definition) is 0. The van der Waals surface area contributed by atoms with Gasteiger partial charge in [-0.3, -0.25) is 0 Å². The number of anilines is 1. The molecule has 0 saturated heterocycles. The van der Waals surface area contributed by atoms with Gasteiger partial charge in [-0.25, -0.2) is 0 Å². The molecule has 1 nitrogen and oxygen atoms in total. The Morgan fingerprint density at radius 1 is 1.12 bits per heavy atom. The maximum absolute atomic E-state index is 2.32. The summed E-state index contributed by atoms with van der Waals surface area (Å²) < 4.78 is 0. The maximum atomic E-state index is 2.32. The van der Waals surface area contributed by atoms with E-state index in [0.29, 0.717) is 11.8 Å². The molecule has 0 bridgehead atoms. The van der Waals surface area contributed by atoms with Gasteiger partial charge in [0.25, 0.3) is 0 Å². The molecule has 90 valence electrons. The lowest BCUT2D eigenvalue weighted by Gasteiger charge is -2.25. The fraction of sp³-hybridized carbons (Fsp3) is 0.600. The third-order valence-electron chi connectivity index (χ3n) is 3.32. The monoisotopic (exact) mass is 219 g/mol. The smallest absolute Gasteiger partial charge is 0.0399 e. The SMILES string of the molecule is CCC(C)c1cccc(N(C)C)c1C(C)C. The lowest BCUT2D eigenvalue weighted by Crippen LogP contribution is -2.14. The van der Waals surface area contributed by atoms with Gasteiger partial charge in [0.1, 0.15) is 0 Å². The van der Waals surface area contributed by atoms with Crippen molar-refractivity contribution in [3.05, 3.63) is 29.3 Å². The Labute approximate surface area is 100 Å². The lowest BCUT2D eigenvalue weighted by atomic mass is 9.87. The Hall–Kier alpha value is -0.980. The first-order valence-electron chi connectivity index (χ1n) is 6.29. The van der Waals surface area contributed by atoms with Crippen LogP contribution in [0.25, 0.3) is 0 Å². The Bertz CT molecular complexity index is 339. The van der Waals surface area contributed by atoms with E-state index in [1.165, 1.54) is 23.2 Å². The molecule has 0 aliphatic carbocycles. The summed E-state index contributed by atoms with van der Waals surface area (Å²) in [4.78, 5) is 2.22. The molecule has 1 aromatic rings. The average Bonchev–Trinajstić information content (AvgIpc) is 2.26. The number of benzene rings is 1. The van der Waals surface area contributed by atoms with E-state index in [4.69, 9.17) is 0 Å². The van der Waals surface area contributed by atoms with Crippen molar-refractivity contribution in [3.8, 4) is 0 Å². The molecule has 1 aromatic carbocycles. The molecule has 0 aliphatic rings. The minimum atomic E-state index is 0.586. The highest BCUT2D eigenvalue weighted by Crippen LogP contribution is 2.34. The second-order valence-electron chi connectivity index (χ2n) is 5.14. The van der Waals surface area contributed by atoms with Crippen LogP contribution in [0.15, 0.2) is 18.2 Å². The fourth-order valence-electron chi connectivity index (χ4n) is 2.24. The number of hydrogen-bond acceptors (Lipinski definition) is 1. The Balaban J connectivity index is 3.32. The van der Waals surface area contributed by atoms with Gasteiger partial charge in [-0.2, -0.15) is 0 Å². The van der Waals surface area contributed by atoms with E-state index < -0.39 is 0 Å². The molecule has 1 unspecified atom stereocenters. The van der Waals surface area contributed by atoms with Crippen LogP contribution in [0.4, 0.5) is 5.69 Å². The number of rotatable bonds is 4. The van der Waals surface area contributed by atoms with Crippen molar-refractivity contribution < 1.29 is 0 Å². The summed E-state index contributed by atoms with van der Waals surface area (Å²) in [6, 6.07) is 6.69. The van der Waals surface area contributed by atoms with E-state index in [1.807, 2.05) is 0 Å². The first kappa shape index (κ1) is 13.1. The first-order valence-corrected chi connectivity index (χ1v) is 6.29.